The molecule has 1 heterocycles. The van der Waals surface area contributed by atoms with Crippen molar-refractivity contribution in [2.45, 2.75) is 6.54 Å². The third-order valence-electron chi connectivity index (χ3n) is 2.84. The Bertz CT molecular complexity index is 618. The van der Waals surface area contributed by atoms with Crippen molar-refractivity contribution in [1.29, 1.82) is 0 Å². The van der Waals surface area contributed by atoms with Crippen molar-refractivity contribution in [3.8, 4) is 0 Å². The maximum Gasteiger partial charge on any atom is 0.238 e. The second-order valence-electron chi connectivity index (χ2n) is 4.78. The average molecular weight is 305 g/mol. The fourth-order valence-electron chi connectivity index (χ4n) is 1.90. The summed E-state index contributed by atoms with van der Waals surface area (Å²) in [4.78, 5) is 18.1. The number of rotatable bonds is 5. The molecule has 0 saturated carbocycles. The predicted molar refractivity (Wildman–Crippen MR) is 85.1 cm³/mol. The molecule has 0 unspecified atom stereocenters. The Morgan fingerprint density at radius 3 is 2.90 bits per heavy atom. The summed E-state index contributed by atoms with van der Waals surface area (Å²) in [5.41, 5.74) is 7.66. The van der Waals surface area contributed by atoms with Crippen LogP contribution in [0.15, 0.2) is 42.6 Å². The van der Waals surface area contributed by atoms with E-state index in [0.717, 1.165) is 5.69 Å². The lowest BCUT2D eigenvalue weighted by Crippen LogP contribution is -2.30. The number of aromatic nitrogens is 1. The Balaban J connectivity index is 1.91. The van der Waals surface area contributed by atoms with Gasteiger partial charge in [-0.15, -0.1) is 0 Å². The summed E-state index contributed by atoms with van der Waals surface area (Å²) in [6.07, 6.45) is 1.73. The molecular weight excluding hydrogens is 288 g/mol. The van der Waals surface area contributed by atoms with E-state index in [1.54, 1.807) is 24.4 Å². The van der Waals surface area contributed by atoms with Crippen LogP contribution < -0.4 is 11.1 Å². The number of nitrogens with two attached hydrogens (primary N) is 1. The van der Waals surface area contributed by atoms with Crippen molar-refractivity contribution in [1.82, 2.24) is 9.88 Å². The summed E-state index contributed by atoms with van der Waals surface area (Å²) >= 11 is 6.01. The topological polar surface area (TPSA) is 71.2 Å². The van der Waals surface area contributed by atoms with Crippen molar-refractivity contribution >= 4 is 28.9 Å². The van der Waals surface area contributed by atoms with Gasteiger partial charge in [-0.25, -0.2) is 0 Å². The molecule has 3 N–H and O–H groups in total. The highest BCUT2D eigenvalue weighted by atomic mass is 35.5. The number of halogens is 1. The molecule has 2 rings (SSSR count). The van der Waals surface area contributed by atoms with Gasteiger partial charge in [0.25, 0.3) is 0 Å². The monoisotopic (exact) mass is 304 g/mol. The molecule has 6 heteroatoms. The zero-order valence-corrected chi connectivity index (χ0v) is 12.5. The Kier molecular flexibility index (Phi) is 5.14. The first kappa shape index (κ1) is 15.3. The highest BCUT2D eigenvalue weighted by Gasteiger charge is 2.10. The molecule has 0 bridgehead atoms. The molecule has 1 aromatic heterocycles. The fraction of sp³-hybridized carbons (Fsp3) is 0.200. The molecular formula is C15H17ClN4O. The predicted octanol–water partition coefficient (Wildman–Crippen LogP) is 2.39. The Labute approximate surface area is 128 Å². The number of carbonyl (C=O) groups excluding carboxylic acids is 1. The lowest BCUT2D eigenvalue weighted by Gasteiger charge is -2.16. The van der Waals surface area contributed by atoms with Crippen molar-refractivity contribution in [3.05, 3.63) is 53.3 Å². The van der Waals surface area contributed by atoms with Crippen molar-refractivity contribution in [2.75, 3.05) is 24.6 Å². The highest BCUT2D eigenvalue weighted by Crippen LogP contribution is 2.23. The zero-order valence-electron chi connectivity index (χ0n) is 11.7. The number of nitrogens with one attached hydrogen (secondary N) is 1. The summed E-state index contributed by atoms with van der Waals surface area (Å²) in [5.74, 6) is -0.152. The van der Waals surface area contributed by atoms with E-state index in [-0.39, 0.29) is 12.5 Å². The molecule has 0 aliphatic heterocycles. The van der Waals surface area contributed by atoms with Crippen LogP contribution in [-0.4, -0.2) is 29.4 Å². The number of pyridine rings is 1. The second-order valence-corrected chi connectivity index (χ2v) is 5.19. The van der Waals surface area contributed by atoms with E-state index in [1.807, 2.05) is 30.1 Å². The maximum absolute atomic E-state index is 12.0. The van der Waals surface area contributed by atoms with Gasteiger partial charge in [0.1, 0.15) is 0 Å². The third-order valence-corrected chi connectivity index (χ3v) is 3.17. The molecule has 0 fully saturated rings. The molecule has 5 nitrogen and oxygen atoms in total. The Morgan fingerprint density at radius 2 is 2.19 bits per heavy atom. The normalized spacial score (nSPS) is 10.6. The molecule has 1 aromatic carbocycles. The molecule has 0 radical (unpaired) electrons. The van der Waals surface area contributed by atoms with Gasteiger partial charge in [-0.3, -0.25) is 14.7 Å². The SMILES string of the molecule is CN(CC(=O)Nc1cc(N)ccc1Cl)Cc1ccccn1. The van der Waals surface area contributed by atoms with Gasteiger partial charge in [0.2, 0.25) is 5.91 Å². The van der Waals surface area contributed by atoms with Gasteiger partial charge < -0.3 is 11.1 Å². The van der Waals surface area contributed by atoms with E-state index >= 15 is 0 Å². The molecule has 0 saturated heterocycles. The number of nitrogen functional groups attached to an aromatic ring is 1. The molecule has 1 amide bonds. The zero-order chi connectivity index (χ0) is 15.2. The fourth-order valence-corrected chi connectivity index (χ4v) is 2.06. The van der Waals surface area contributed by atoms with E-state index in [9.17, 15) is 4.79 Å². The molecule has 0 spiro atoms. The maximum atomic E-state index is 12.0. The molecule has 0 atom stereocenters. The first-order valence-corrected chi connectivity index (χ1v) is 6.86. The van der Waals surface area contributed by atoms with Crippen LogP contribution in [0.4, 0.5) is 11.4 Å². The van der Waals surface area contributed by atoms with Gasteiger partial charge in [-0.1, -0.05) is 17.7 Å². The van der Waals surface area contributed by atoms with E-state index < -0.39 is 0 Å². The van der Waals surface area contributed by atoms with E-state index in [2.05, 4.69) is 10.3 Å². The quantitative estimate of drug-likeness (QED) is 0.832. The lowest BCUT2D eigenvalue weighted by molar-refractivity contribution is -0.117. The molecule has 110 valence electrons. The van der Waals surface area contributed by atoms with Crippen LogP contribution in [0.1, 0.15) is 5.69 Å². The number of nitrogens with zero attached hydrogens (tertiary/aromatic N) is 2. The summed E-state index contributed by atoms with van der Waals surface area (Å²) in [6, 6.07) is 10.7. The van der Waals surface area contributed by atoms with E-state index in [0.29, 0.717) is 22.9 Å². The van der Waals surface area contributed by atoms with Gasteiger partial charge in [0.15, 0.2) is 0 Å². The highest BCUT2D eigenvalue weighted by molar-refractivity contribution is 6.33. The van der Waals surface area contributed by atoms with Crippen LogP contribution in [0.3, 0.4) is 0 Å². The smallest absolute Gasteiger partial charge is 0.238 e. The summed E-state index contributed by atoms with van der Waals surface area (Å²) < 4.78 is 0. The van der Waals surface area contributed by atoms with Crippen molar-refractivity contribution in [2.24, 2.45) is 0 Å². The average Bonchev–Trinajstić information content (AvgIpc) is 2.43. The summed E-state index contributed by atoms with van der Waals surface area (Å²) in [7, 11) is 1.86. The number of carbonyl (C=O) groups is 1. The van der Waals surface area contributed by atoms with E-state index in [1.165, 1.54) is 0 Å². The largest absolute Gasteiger partial charge is 0.399 e. The lowest BCUT2D eigenvalue weighted by atomic mass is 10.2. The van der Waals surface area contributed by atoms with Crippen LogP contribution in [0.5, 0.6) is 0 Å². The number of amides is 1. The van der Waals surface area contributed by atoms with Crippen LogP contribution in [-0.2, 0) is 11.3 Å². The number of benzene rings is 1. The minimum absolute atomic E-state index is 0.152. The van der Waals surface area contributed by atoms with Gasteiger partial charge in [-0.05, 0) is 37.4 Å². The standard InChI is InChI=1S/C15H17ClN4O/c1-20(9-12-4-2-3-7-18-12)10-15(21)19-14-8-11(17)5-6-13(14)16/h2-8H,9-10,17H2,1H3,(H,19,21). The van der Waals surface area contributed by atoms with Crippen molar-refractivity contribution < 1.29 is 4.79 Å². The molecule has 2 aromatic rings. The Morgan fingerprint density at radius 1 is 1.38 bits per heavy atom. The summed E-state index contributed by atoms with van der Waals surface area (Å²) in [5, 5.41) is 3.22. The minimum Gasteiger partial charge on any atom is -0.399 e. The number of anilines is 2. The number of likely N-dealkylation sites (N-methyl/N-ethyl adjacent to an activating group) is 1. The van der Waals surface area contributed by atoms with Gasteiger partial charge in [-0.2, -0.15) is 0 Å². The van der Waals surface area contributed by atoms with Crippen molar-refractivity contribution in [3.63, 3.8) is 0 Å². The van der Waals surface area contributed by atoms with Gasteiger partial charge in [0.05, 0.1) is 22.9 Å². The molecule has 21 heavy (non-hydrogen) atoms. The second kappa shape index (κ2) is 7.06. The first-order valence-electron chi connectivity index (χ1n) is 6.48. The van der Waals surface area contributed by atoms with Crippen LogP contribution in [0, 0.1) is 0 Å². The number of hydrogen-bond acceptors (Lipinski definition) is 4. The van der Waals surface area contributed by atoms with Gasteiger partial charge >= 0.3 is 0 Å². The summed E-state index contributed by atoms with van der Waals surface area (Å²) in [6.45, 7) is 0.834. The van der Waals surface area contributed by atoms with Crippen LogP contribution >= 0.6 is 11.6 Å². The number of hydrogen-bond donors (Lipinski definition) is 2. The van der Waals surface area contributed by atoms with E-state index in [4.69, 9.17) is 17.3 Å². The molecule has 0 aliphatic carbocycles. The third kappa shape index (κ3) is 4.73. The van der Waals surface area contributed by atoms with Crippen LogP contribution in [0.25, 0.3) is 0 Å². The molecule has 0 aliphatic rings. The minimum atomic E-state index is -0.152. The van der Waals surface area contributed by atoms with Crippen LogP contribution in [0.2, 0.25) is 5.02 Å². The van der Waals surface area contributed by atoms with Gasteiger partial charge in [0, 0.05) is 18.4 Å². The Hall–Kier alpha value is -2.11. The first-order chi connectivity index (χ1) is 10.0.